The Morgan fingerprint density at radius 1 is 1.18 bits per heavy atom. The van der Waals surface area contributed by atoms with E-state index >= 15 is 0 Å². The van der Waals surface area contributed by atoms with Gasteiger partial charge in [0.15, 0.2) is 0 Å². The molecule has 2 N–H and O–H groups in total. The molecular weight excluding hydrogens is 460 g/mol. The number of piperidine rings is 1. The topological polar surface area (TPSA) is 108 Å². The predicted molar refractivity (Wildman–Crippen MR) is 129 cm³/mol. The van der Waals surface area contributed by atoms with E-state index in [9.17, 15) is 18.0 Å². The van der Waals surface area contributed by atoms with Gasteiger partial charge in [-0.3, -0.25) is 14.6 Å². The highest BCUT2D eigenvalue weighted by Gasteiger charge is 2.34. The van der Waals surface area contributed by atoms with Crippen molar-refractivity contribution in [3.8, 4) is 0 Å². The summed E-state index contributed by atoms with van der Waals surface area (Å²) in [6.07, 6.45) is 6.93. The van der Waals surface area contributed by atoms with Crippen molar-refractivity contribution in [3.05, 3.63) is 60.4 Å². The van der Waals surface area contributed by atoms with E-state index in [2.05, 4.69) is 15.6 Å². The number of aromatic nitrogens is 1. The largest absolute Gasteiger partial charge is 0.350 e. The van der Waals surface area contributed by atoms with Crippen LogP contribution >= 0.6 is 11.8 Å². The number of sulfonamides is 1. The molecule has 2 heterocycles. The maximum Gasteiger partial charge on any atom is 0.243 e. The van der Waals surface area contributed by atoms with Crippen LogP contribution in [-0.4, -0.2) is 60.7 Å². The van der Waals surface area contributed by atoms with Gasteiger partial charge in [0.2, 0.25) is 21.8 Å². The maximum absolute atomic E-state index is 13.0. The first-order chi connectivity index (χ1) is 15.9. The summed E-state index contributed by atoms with van der Waals surface area (Å²) in [6.45, 7) is 0.833. The van der Waals surface area contributed by atoms with Crippen LogP contribution in [0.15, 0.2) is 59.8 Å². The highest BCUT2D eigenvalue weighted by molar-refractivity contribution is 7.98. The number of carbonyl (C=O) groups is 2. The minimum Gasteiger partial charge on any atom is -0.350 e. The Labute approximate surface area is 199 Å². The molecular formula is C23H30N4O4S2. The van der Waals surface area contributed by atoms with E-state index in [1.54, 1.807) is 54.5 Å². The Morgan fingerprint density at radius 2 is 1.91 bits per heavy atom. The van der Waals surface area contributed by atoms with Gasteiger partial charge in [0.25, 0.3) is 0 Å². The van der Waals surface area contributed by atoms with Crippen molar-refractivity contribution >= 4 is 33.6 Å². The Kier molecular flexibility index (Phi) is 9.28. The average Bonchev–Trinajstić information content (AvgIpc) is 2.86. The number of amides is 2. The molecule has 1 aliphatic rings. The van der Waals surface area contributed by atoms with Gasteiger partial charge in [0.05, 0.1) is 10.8 Å². The molecule has 8 nitrogen and oxygen atoms in total. The highest BCUT2D eigenvalue weighted by atomic mass is 32.2. The normalized spacial score (nSPS) is 17.8. The van der Waals surface area contributed by atoms with Crippen LogP contribution in [-0.2, 0) is 26.2 Å². The molecule has 1 aromatic carbocycles. The smallest absolute Gasteiger partial charge is 0.243 e. The molecule has 178 valence electrons. The molecule has 0 spiro atoms. The third-order valence-corrected chi connectivity index (χ3v) is 8.12. The van der Waals surface area contributed by atoms with E-state index in [0.29, 0.717) is 38.1 Å². The molecule has 1 saturated heterocycles. The molecule has 0 saturated carbocycles. The fraction of sp³-hybridized carbons (Fsp3) is 0.435. The summed E-state index contributed by atoms with van der Waals surface area (Å²) in [4.78, 5) is 30.0. The van der Waals surface area contributed by atoms with Crippen LogP contribution in [0.25, 0.3) is 0 Å². The second-order valence-corrected chi connectivity index (χ2v) is 10.9. The molecule has 0 aliphatic carbocycles. The standard InChI is InChI=1S/C23H30N4O4S2/c1-32-15-11-21(23(29)25-16-18-9-12-24-13-10-18)26-22(28)19-6-5-14-27(17-19)33(30,31)20-7-3-2-4-8-20/h2-4,7-10,12-13,19,21H,5-6,11,14-17H2,1H3,(H,25,29)(H,26,28)/t19-,21-/m0/s1. The summed E-state index contributed by atoms with van der Waals surface area (Å²) in [5, 5.41) is 5.74. The minimum atomic E-state index is -3.66. The molecule has 0 unspecified atom stereocenters. The number of nitrogens with zero attached hydrogens (tertiary/aromatic N) is 2. The van der Waals surface area contributed by atoms with Crippen LogP contribution in [0.5, 0.6) is 0 Å². The molecule has 2 atom stereocenters. The Bertz CT molecular complexity index is 1020. The van der Waals surface area contributed by atoms with Crippen molar-refractivity contribution in [2.75, 3.05) is 25.1 Å². The monoisotopic (exact) mass is 490 g/mol. The zero-order valence-corrected chi connectivity index (χ0v) is 20.3. The van der Waals surface area contributed by atoms with Crippen molar-refractivity contribution < 1.29 is 18.0 Å². The molecule has 2 amide bonds. The van der Waals surface area contributed by atoms with Gasteiger partial charge < -0.3 is 10.6 Å². The summed E-state index contributed by atoms with van der Waals surface area (Å²) >= 11 is 1.60. The predicted octanol–water partition coefficient (Wildman–Crippen LogP) is 2.04. The van der Waals surface area contributed by atoms with Gasteiger partial charge in [-0.05, 0) is 61.1 Å². The second kappa shape index (κ2) is 12.2. The summed E-state index contributed by atoms with van der Waals surface area (Å²) in [5.74, 6) is -0.318. The summed E-state index contributed by atoms with van der Waals surface area (Å²) < 4.78 is 27.3. The molecule has 1 aromatic heterocycles. The van der Waals surface area contributed by atoms with Crippen LogP contribution in [0.2, 0.25) is 0 Å². The average molecular weight is 491 g/mol. The lowest BCUT2D eigenvalue weighted by Crippen LogP contribution is -2.51. The Hall–Kier alpha value is -2.43. The van der Waals surface area contributed by atoms with Gasteiger partial charge in [-0.2, -0.15) is 16.1 Å². The Balaban J connectivity index is 1.62. The van der Waals surface area contributed by atoms with E-state index in [4.69, 9.17) is 0 Å². The van der Waals surface area contributed by atoms with E-state index < -0.39 is 22.0 Å². The number of pyridine rings is 1. The lowest BCUT2D eigenvalue weighted by Gasteiger charge is -2.32. The molecule has 2 aromatic rings. The molecule has 33 heavy (non-hydrogen) atoms. The number of nitrogens with one attached hydrogen (secondary N) is 2. The zero-order chi connectivity index (χ0) is 23.7. The molecule has 1 aliphatic heterocycles. The fourth-order valence-corrected chi connectivity index (χ4v) is 5.74. The van der Waals surface area contributed by atoms with Crippen molar-refractivity contribution in [1.82, 2.24) is 19.9 Å². The van der Waals surface area contributed by atoms with Gasteiger partial charge in [0.1, 0.15) is 6.04 Å². The zero-order valence-electron chi connectivity index (χ0n) is 18.6. The van der Waals surface area contributed by atoms with Crippen molar-refractivity contribution in [1.29, 1.82) is 0 Å². The quantitative estimate of drug-likeness (QED) is 0.528. The van der Waals surface area contributed by atoms with Crippen molar-refractivity contribution in [2.24, 2.45) is 5.92 Å². The molecule has 10 heteroatoms. The molecule has 0 bridgehead atoms. The maximum atomic E-state index is 13.0. The second-order valence-electron chi connectivity index (χ2n) is 7.93. The molecule has 1 fully saturated rings. The first-order valence-electron chi connectivity index (χ1n) is 10.9. The SMILES string of the molecule is CSCC[C@H](NC(=O)[C@H]1CCCN(S(=O)(=O)c2ccccc2)C1)C(=O)NCc1ccncc1. The molecule has 3 rings (SSSR count). The molecule has 0 radical (unpaired) electrons. The number of carbonyl (C=O) groups excluding carboxylic acids is 2. The first kappa shape index (κ1) is 25.2. The summed E-state index contributed by atoms with van der Waals surface area (Å²) in [5.41, 5.74) is 0.919. The van der Waals surface area contributed by atoms with E-state index in [1.165, 1.54) is 4.31 Å². The highest BCUT2D eigenvalue weighted by Crippen LogP contribution is 2.24. The summed E-state index contributed by atoms with van der Waals surface area (Å²) in [7, 11) is -3.66. The third kappa shape index (κ3) is 7.02. The van der Waals surface area contributed by atoms with Crippen LogP contribution in [0, 0.1) is 5.92 Å². The lowest BCUT2D eigenvalue weighted by atomic mass is 9.98. The van der Waals surface area contributed by atoms with Crippen LogP contribution in [0.1, 0.15) is 24.8 Å². The minimum absolute atomic E-state index is 0.108. The Morgan fingerprint density at radius 3 is 2.61 bits per heavy atom. The van der Waals surface area contributed by atoms with Gasteiger partial charge in [-0.1, -0.05) is 18.2 Å². The van der Waals surface area contributed by atoms with Gasteiger partial charge in [-0.25, -0.2) is 8.42 Å². The number of thioether (sulfide) groups is 1. The van der Waals surface area contributed by atoms with Gasteiger partial charge in [0, 0.05) is 32.0 Å². The van der Waals surface area contributed by atoms with Gasteiger partial charge >= 0.3 is 0 Å². The number of benzene rings is 1. The third-order valence-electron chi connectivity index (χ3n) is 5.60. The first-order valence-corrected chi connectivity index (χ1v) is 13.8. The van der Waals surface area contributed by atoms with Crippen LogP contribution in [0.3, 0.4) is 0 Å². The van der Waals surface area contributed by atoms with E-state index in [1.807, 2.05) is 18.4 Å². The number of hydrogen-bond donors (Lipinski definition) is 2. The van der Waals surface area contributed by atoms with Crippen LogP contribution < -0.4 is 10.6 Å². The van der Waals surface area contributed by atoms with E-state index in [0.717, 1.165) is 5.56 Å². The van der Waals surface area contributed by atoms with Gasteiger partial charge in [-0.15, -0.1) is 0 Å². The van der Waals surface area contributed by atoms with Crippen molar-refractivity contribution in [2.45, 2.75) is 36.7 Å². The number of hydrogen-bond acceptors (Lipinski definition) is 6. The van der Waals surface area contributed by atoms with Crippen LogP contribution in [0.4, 0.5) is 0 Å². The lowest BCUT2D eigenvalue weighted by molar-refractivity contribution is -0.132. The number of rotatable bonds is 10. The van der Waals surface area contributed by atoms with Crippen molar-refractivity contribution in [3.63, 3.8) is 0 Å². The van der Waals surface area contributed by atoms with E-state index in [-0.39, 0.29) is 23.3 Å². The summed E-state index contributed by atoms with van der Waals surface area (Å²) in [6, 6.07) is 11.2. The fourth-order valence-electron chi connectivity index (χ4n) is 3.72.